The van der Waals surface area contributed by atoms with E-state index in [-0.39, 0.29) is 16.9 Å². The summed E-state index contributed by atoms with van der Waals surface area (Å²) in [6.07, 6.45) is 6.42. The van der Waals surface area contributed by atoms with Crippen LogP contribution in [-0.2, 0) is 35.0 Å². The highest BCUT2D eigenvalue weighted by atomic mass is 32.2. The number of carbonyl (C=O) groups is 1. The van der Waals surface area contributed by atoms with Gasteiger partial charge in [-0.1, -0.05) is 30.7 Å². The number of benzene rings is 1. The van der Waals surface area contributed by atoms with Gasteiger partial charge >= 0.3 is 0 Å². The first-order valence-corrected chi connectivity index (χ1v) is 13.4. The molecule has 0 saturated carbocycles. The average molecular weight is 474 g/mol. The van der Waals surface area contributed by atoms with Gasteiger partial charge in [-0.2, -0.15) is 4.31 Å². The average Bonchev–Trinajstić information content (AvgIpc) is 3.18. The fourth-order valence-electron chi connectivity index (χ4n) is 4.71. The lowest BCUT2D eigenvalue weighted by Crippen LogP contribution is -2.43. The van der Waals surface area contributed by atoms with Crippen molar-refractivity contribution in [2.24, 2.45) is 13.0 Å². The van der Waals surface area contributed by atoms with Gasteiger partial charge in [-0.3, -0.25) is 9.69 Å². The summed E-state index contributed by atoms with van der Waals surface area (Å²) >= 11 is 0. The lowest BCUT2D eigenvalue weighted by Gasteiger charge is -2.30. The van der Waals surface area contributed by atoms with Crippen molar-refractivity contribution in [3.63, 3.8) is 0 Å². The van der Waals surface area contributed by atoms with Crippen molar-refractivity contribution in [3.05, 3.63) is 47.4 Å². The van der Waals surface area contributed by atoms with Gasteiger partial charge in [0.15, 0.2) is 5.03 Å². The Morgan fingerprint density at radius 2 is 1.73 bits per heavy atom. The van der Waals surface area contributed by atoms with Gasteiger partial charge in [-0.05, 0) is 56.8 Å². The number of sulfonamides is 1. The van der Waals surface area contributed by atoms with E-state index in [1.165, 1.54) is 29.1 Å². The van der Waals surface area contributed by atoms with E-state index in [9.17, 15) is 13.2 Å². The summed E-state index contributed by atoms with van der Waals surface area (Å²) < 4.78 is 28.9. The maximum absolute atomic E-state index is 12.9. The Balaban J connectivity index is 1.30. The molecule has 2 aliphatic heterocycles. The molecule has 8 nitrogen and oxygen atoms in total. The summed E-state index contributed by atoms with van der Waals surface area (Å²) in [4.78, 5) is 19.5. The number of nitrogens with zero attached hydrogens (tertiary/aromatic N) is 4. The van der Waals surface area contributed by atoms with E-state index in [4.69, 9.17) is 0 Å². The third kappa shape index (κ3) is 5.65. The molecule has 0 aliphatic carbocycles. The molecule has 180 valence electrons. The van der Waals surface area contributed by atoms with Crippen LogP contribution in [0.3, 0.4) is 0 Å². The molecule has 2 aliphatic rings. The molecule has 1 N–H and O–H groups in total. The van der Waals surface area contributed by atoms with Crippen molar-refractivity contribution < 1.29 is 13.2 Å². The molecule has 0 radical (unpaired) electrons. The molecule has 2 saturated heterocycles. The summed E-state index contributed by atoms with van der Waals surface area (Å²) in [5, 5.41) is 3.18. The highest BCUT2D eigenvalue weighted by molar-refractivity contribution is 7.89. The molecular formula is C24H35N5O3S. The minimum Gasteiger partial charge on any atom is -0.352 e. The van der Waals surface area contributed by atoms with Gasteiger partial charge in [0.2, 0.25) is 5.91 Å². The molecule has 1 aromatic heterocycles. The summed E-state index contributed by atoms with van der Waals surface area (Å²) in [6.45, 7) is 6.16. The first-order chi connectivity index (χ1) is 15.8. The van der Waals surface area contributed by atoms with Crippen LogP contribution in [0.4, 0.5) is 0 Å². The fourth-order valence-corrected chi connectivity index (χ4v) is 6.21. The predicted molar refractivity (Wildman–Crippen MR) is 127 cm³/mol. The normalized spacial score (nSPS) is 19.0. The van der Waals surface area contributed by atoms with Crippen molar-refractivity contribution in [3.8, 4) is 0 Å². The van der Waals surface area contributed by atoms with Gasteiger partial charge in [-0.15, -0.1) is 0 Å². The van der Waals surface area contributed by atoms with Crippen LogP contribution in [0.5, 0.6) is 0 Å². The molecule has 0 bridgehead atoms. The molecule has 2 fully saturated rings. The van der Waals surface area contributed by atoms with Crippen LogP contribution in [0, 0.1) is 12.8 Å². The van der Waals surface area contributed by atoms with Gasteiger partial charge in [-0.25, -0.2) is 13.4 Å². The SMILES string of the molecule is Cc1nc(S(=O)(=O)N2CCC(C(=O)NCc3ccccc3CN3CCCCC3)CC2)cn1C. The summed E-state index contributed by atoms with van der Waals surface area (Å²) in [7, 11) is -1.84. The number of carbonyl (C=O) groups excluding carboxylic acids is 1. The minimum atomic E-state index is -3.62. The molecule has 2 aromatic rings. The number of hydrogen-bond acceptors (Lipinski definition) is 5. The van der Waals surface area contributed by atoms with E-state index >= 15 is 0 Å². The first-order valence-electron chi connectivity index (χ1n) is 11.9. The number of piperidine rings is 2. The molecule has 4 rings (SSSR count). The van der Waals surface area contributed by atoms with E-state index in [2.05, 4.69) is 33.4 Å². The summed E-state index contributed by atoms with van der Waals surface area (Å²) in [6, 6.07) is 8.32. The Hall–Kier alpha value is -2.23. The molecule has 0 atom stereocenters. The highest BCUT2D eigenvalue weighted by Gasteiger charge is 2.33. The maximum atomic E-state index is 12.9. The molecule has 0 unspecified atom stereocenters. The minimum absolute atomic E-state index is 0.00787. The third-order valence-corrected chi connectivity index (χ3v) is 8.70. The van der Waals surface area contributed by atoms with Gasteiger partial charge in [0.25, 0.3) is 10.0 Å². The molecule has 3 heterocycles. The zero-order chi connectivity index (χ0) is 23.4. The van der Waals surface area contributed by atoms with Crippen molar-refractivity contribution in [2.45, 2.75) is 57.1 Å². The van der Waals surface area contributed by atoms with E-state index in [1.807, 2.05) is 6.07 Å². The summed E-state index contributed by atoms with van der Waals surface area (Å²) in [5.74, 6) is 0.494. The molecule has 1 aromatic carbocycles. The first kappa shape index (κ1) is 23.9. The van der Waals surface area contributed by atoms with Crippen LogP contribution < -0.4 is 5.32 Å². The van der Waals surface area contributed by atoms with Gasteiger partial charge in [0.1, 0.15) is 5.82 Å². The van der Waals surface area contributed by atoms with Crippen LogP contribution in [0.1, 0.15) is 49.1 Å². The zero-order valence-electron chi connectivity index (χ0n) is 19.7. The van der Waals surface area contributed by atoms with Crippen LogP contribution >= 0.6 is 0 Å². The number of hydrogen-bond donors (Lipinski definition) is 1. The number of rotatable bonds is 7. The Morgan fingerprint density at radius 3 is 2.36 bits per heavy atom. The van der Waals surface area contributed by atoms with E-state index in [0.29, 0.717) is 38.3 Å². The molecule has 0 spiro atoms. The van der Waals surface area contributed by atoms with E-state index in [1.54, 1.807) is 24.7 Å². The Kier molecular flexibility index (Phi) is 7.51. The molecule has 9 heteroatoms. The zero-order valence-corrected chi connectivity index (χ0v) is 20.5. The maximum Gasteiger partial charge on any atom is 0.262 e. The second-order valence-corrected chi connectivity index (χ2v) is 11.1. The Labute approximate surface area is 197 Å². The molecule has 1 amide bonds. The van der Waals surface area contributed by atoms with Crippen molar-refractivity contribution in [2.75, 3.05) is 26.2 Å². The highest BCUT2D eigenvalue weighted by Crippen LogP contribution is 2.24. The second-order valence-electron chi connectivity index (χ2n) is 9.24. The second kappa shape index (κ2) is 10.4. The standard InChI is InChI=1S/C24H35N5O3S/c1-19-26-23(18-27(19)2)33(31,32)29-14-10-20(11-15-29)24(30)25-16-21-8-4-5-9-22(21)17-28-12-6-3-7-13-28/h4-5,8-9,18,20H,3,6-7,10-17H2,1-2H3,(H,25,30). The van der Waals surface area contributed by atoms with E-state index < -0.39 is 10.0 Å². The van der Waals surface area contributed by atoms with Crippen molar-refractivity contribution in [1.29, 1.82) is 0 Å². The number of nitrogens with one attached hydrogen (secondary N) is 1. The number of amides is 1. The molecular weight excluding hydrogens is 438 g/mol. The monoisotopic (exact) mass is 473 g/mol. The number of aromatic nitrogens is 2. The lowest BCUT2D eigenvalue weighted by atomic mass is 9.97. The Morgan fingerprint density at radius 1 is 1.06 bits per heavy atom. The smallest absolute Gasteiger partial charge is 0.262 e. The van der Waals surface area contributed by atoms with Gasteiger partial charge in [0.05, 0.1) is 0 Å². The third-order valence-electron chi connectivity index (χ3n) is 6.93. The van der Waals surface area contributed by atoms with Crippen molar-refractivity contribution >= 4 is 15.9 Å². The van der Waals surface area contributed by atoms with Crippen LogP contribution in [0.15, 0.2) is 35.5 Å². The number of imidazole rings is 1. The summed E-state index contributed by atoms with van der Waals surface area (Å²) in [5.41, 5.74) is 2.42. The van der Waals surface area contributed by atoms with Crippen LogP contribution in [0.25, 0.3) is 0 Å². The van der Waals surface area contributed by atoms with E-state index in [0.717, 1.165) is 25.2 Å². The fraction of sp³-hybridized carbons (Fsp3) is 0.583. The number of likely N-dealkylation sites (tertiary alicyclic amines) is 1. The largest absolute Gasteiger partial charge is 0.352 e. The predicted octanol–water partition coefficient (Wildman–Crippen LogP) is 2.43. The lowest BCUT2D eigenvalue weighted by molar-refractivity contribution is -0.126. The molecule has 33 heavy (non-hydrogen) atoms. The quantitative estimate of drug-likeness (QED) is 0.667. The topological polar surface area (TPSA) is 87.5 Å². The van der Waals surface area contributed by atoms with Gasteiger partial charge in [0, 0.05) is 45.3 Å². The van der Waals surface area contributed by atoms with Crippen LogP contribution in [-0.4, -0.2) is 59.3 Å². The van der Waals surface area contributed by atoms with Crippen LogP contribution in [0.2, 0.25) is 0 Å². The Bertz CT molecular complexity index is 1050. The number of aryl methyl sites for hydroxylation is 2. The van der Waals surface area contributed by atoms with Crippen molar-refractivity contribution in [1.82, 2.24) is 24.1 Å². The van der Waals surface area contributed by atoms with Gasteiger partial charge < -0.3 is 9.88 Å².